The standard InChI is InChI=1S/C11H13NO/c1-8-3-2-4-9-5-6-10(12-13)7-11(8)9/h5-8H,2-4H2,1H3. The molecule has 0 saturated heterocycles. The zero-order valence-electron chi connectivity index (χ0n) is 7.79. The fraction of sp³-hybridized carbons (Fsp3) is 0.455. The summed E-state index contributed by atoms with van der Waals surface area (Å²) in [5.74, 6) is 0.588. The van der Waals surface area contributed by atoms with Crippen LogP contribution in [0.15, 0.2) is 23.4 Å². The largest absolute Gasteiger partial charge is 0.145 e. The van der Waals surface area contributed by atoms with Crippen molar-refractivity contribution in [1.29, 1.82) is 0 Å². The first-order valence-electron chi connectivity index (χ1n) is 4.77. The molecule has 68 valence electrons. The Kier molecular flexibility index (Phi) is 2.13. The molecule has 1 unspecified atom stereocenters. The molecule has 0 aliphatic heterocycles. The third kappa shape index (κ3) is 1.48. The van der Waals surface area contributed by atoms with Crippen LogP contribution >= 0.6 is 0 Å². The lowest BCUT2D eigenvalue weighted by Gasteiger charge is -2.21. The van der Waals surface area contributed by atoms with Gasteiger partial charge in [-0.05, 0) is 53.6 Å². The summed E-state index contributed by atoms with van der Waals surface area (Å²) >= 11 is 0. The molecule has 0 amide bonds. The molecule has 0 heterocycles. The maximum Gasteiger partial charge on any atom is 0.108 e. The van der Waals surface area contributed by atoms with Crippen molar-refractivity contribution in [2.45, 2.75) is 32.1 Å². The predicted octanol–water partition coefficient (Wildman–Crippen LogP) is 3.52. The summed E-state index contributed by atoms with van der Waals surface area (Å²) in [4.78, 5) is 10.3. The summed E-state index contributed by atoms with van der Waals surface area (Å²) in [7, 11) is 0. The van der Waals surface area contributed by atoms with Crippen molar-refractivity contribution in [3.05, 3.63) is 34.2 Å². The van der Waals surface area contributed by atoms with Gasteiger partial charge in [-0.3, -0.25) is 0 Å². The van der Waals surface area contributed by atoms with Crippen molar-refractivity contribution in [3.8, 4) is 0 Å². The molecule has 13 heavy (non-hydrogen) atoms. The number of fused-ring (bicyclic) bond motifs is 1. The molecule has 0 N–H and O–H groups in total. The number of aryl methyl sites for hydroxylation is 1. The van der Waals surface area contributed by atoms with Crippen molar-refractivity contribution < 1.29 is 0 Å². The van der Waals surface area contributed by atoms with E-state index in [1.165, 1.54) is 24.0 Å². The second-order valence-electron chi connectivity index (χ2n) is 3.77. The number of nitroso groups, excluding NO2 is 1. The van der Waals surface area contributed by atoms with Gasteiger partial charge in [0.05, 0.1) is 0 Å². The summed E-state index contributed by atoms with van der Waals surface area (Å²) < 4.78 is 0. The van der Waals surface area contributed by atoms with E-state index in [0.717, 1.165) is 6.42 Å². The number of benzene rings is 1. The molecule has 0 bridgehead atoms. The van der Waals surface area contributed by atoms with Crippen LogP contribution in [0.4, 0.5) is 5.69 Å². The van der Waals surface area contributed by atoms with Crippen LogP contribution in [0.3, 0.4) is 0 Å². The molecule has 1 aliphatic rings. The lowest BCUT2D eigenvalue weighted by atomic mass is 9.84. The van der Waals surface area contributed by atoms with Crippen LogP contribution in [-0.4, -0.2) is 0 Å². The lowest BCUT2D eigenvalue weighted by molar-refractivity contribution is 0.590. The number of nitrogens with zero attached hydrogens (tertiary/aromatic N) is 1. The highest BCUT2D eigenvalue weighted by Gasteiger charge is 2.16. The van der Waals surface area contributed by atoms with Gasteiger partial charge in [-0.25, -0.2) is 0 Å². The minimum Gasteiger partial charge on any atom is -0.145 e. The molecule has 0 fully saturated rings. The molecule has 2 nitrogen and oxygen atoms in total. The zero-order chi connectivity index (χ0) is 9.26. The normalized spacial score (nSPS) is 20.8. The molecule has 0 aromatic heterocycles. The van der Waals surface area contributed by atoms with Gasteiger partial charge >= 0.3 is 0 Å². The smallest absolute Gasteiger partial charge is 0.108 e. The van der Waals surface area contributed by atoms with Gasteiger partial charge in [0.2, 0.25) is 0 Å². The second kappa shape index (κ2) is 3.29. The van der Waals surface area contributed by atoms with Crippen molar-refractivity contribution in [1.82, 2.24) is 0 Å². The van der Waals surface area contributed by atoms with E-state index in [9.17, 15) is 4.91 Å². The van der Waals surface area contributed by atoms with E-state index in [4.69, 9.17) is 0 Å². The van der Waals surface area contributed by atoms with Crippen LogP contribution in [0.1, 0.15) is 36.8 Å². The zero-order valence-corrected chi connectivity index (χ0v) is 7.79. The van der Waals surface area contributed by atoms with E-state index in [-0.39, 0.29) is 0 Å². The summed E-state index contributed by atoms with van der Waals surface area (Å²) in [6.45, 7) is 2.21. The average Bonchev–Trinajstić information content (AvgIpc) is 2.18. The summed E-state index contributed by atoms with van der Waals surface area (Å²) in [5, 5.41) is 2.96. The Hall–Kier alpha value is -1.18. The minimum absolute atomic E-state index is 0.563. The molecule has 2 heteroatoms. The highest BCUT2D eigenvalue weighted by molar-refractivity contribution is 5.46. The van der Waals surface area contributed by atoms with Gasteiger partial charge in [-0.15, -0.1) is 4.91 Å². The topological polar surface area (TPSA) is 29.4 Å². The first-order chi connectivity index (χ1) is 6.31. The number of hydrogen-bond acceptors (Lipinski definition) is 2. The third-order valence-electron chi connectivity index (χ3n) is 2.85. The van der Waals surface area contributed by atoms with E-state index in [1.807, 2.05) is 18.2 Å². The van der Waals surface area contributed by atoms with E-state index in [2.05, 4.69) is 12.1 Å². The first kappa shape index (κ1) is 8.42. The van der Waals surface area contributed by atoms with Crippen molar-refractivity contribution in [2.75, 3.05) is 0 Å². The van der Waals surface area contributed by atoms with Gasteiger partial charge in [0.15, 0.2) is 0 Å². The van der Waals surface area contributed by atoms with Crippen molar-refractivity contribution in [2.24, 2.45) is 5.18 Å². The summed E-state index contributed by atoms with van der Waals surface area (Å²) in [6, 6.07) is 5.79. The Morgan fingerprint density at radius 1 is 1.46 bits per heavy atom. The van der Waals surface area contributed by atoms with Crippen LogP contribution in [0.5, 0.6) is 0 Å². The fourth-order valence-corrected chi connectivity index (χ4v) is 2.08. The van der Waals surface area contributed by atoms with Crippen LogP contribution in [-0.2, 0) is 6.42 Å². The highest BCUT2D eigenvalue weighted by atomic mass is 16.3. The SMILES string of the molecule is CC1CCCc2ccc(N=O)cc21. The summed E-state index contributed by atoms with van der Waals surface area (Å²) in [6.07, 6.45) is 3.65. The Morgan fingerprint density at radius 3 is 3.08 bits per heavy atom. The Labute approximate surface area is 77.9 Å². The average molecular weight is 175 g/mol. The third-order valence-corrected chi connectivity index (χ3v) is 2.85. The molecular formula is C11H13NO. The second-order valence-corrected chi connectivity index (χ2v) is 3.77. The van der Waals surface area contributed by atoms with Crippen molar-refractivity contribution in [3.63, 3.8) is 0 Å². The van der Waals surface area contributed by atoms with Gasteiger partial charge in [-0.2, -0.15) is 0 Å². The highest BCUT2D eigenvalue weighted by Crippen LogP contribution is 2.33. The number of rotatable bonds is 1. The minimum atomic E-state index is 0.563. The van der Waals surface area contributed by atoms with Crippen LogP contribution < -0.4 is 0 Å². The monoisotopic (exact) mass is 175 g/mol. The summed E-state index contributed by atoms with van der Waals surface area (Å²) in [5.41, 5.74) is 3.28. The molecule has 2 rings (SSSR count). The molecule has 1 aromatic rings. The number of hydrogen-bond donors (Lipinski definition) is 0. The van der Waals surface area contributed by atoms with E-state index >= 15 is 0 Å². The van der Waals surface area contributed by atoms with Gasteiger partial charge < -0.3 is 0 Å². The van der Waals surface area contributed by atoms with Gasteiger partial charge in [0, 0.05) is 0 Å². The quantitative estimate of drug-likeness (QED) is 0.600. The van der Waals surface area contributed by atoms with Gasteiger partial charge in [0.1, 0.15) is 5.69 Å². The molecule has 1 aromatic carbocycles. The van der Waals surface area contributed by atoms with E-state index in [1.54, 1.807) is 0 Å². The molecule has 1 atom stereocenters. The van der Waals surface area contributed by atoms with Gasteiger partial charge in [0.25, 0.3) is 0 Å². The van der Waals surface area contributed by atoms with Crippen LogP contribution in [0, 0.1) is 4.91 Å². The van der Waals surface area contributed by atoms with Crippen molar-refractivity contribution >= 4 is 5.69 Å². The lowest BCUT2D eigenvalue weighted by Crippen LogP contribution is -2.06. The maximum atomic E-state index is 10.3. The van der Waals surface area contributed by atoms with Crippen LogP contribution in [0.25, 0.3) is 0 Å². The molecular weight excluding hydrogens is 162 g/mol. The maximum absolute atomic E-state index is 10.3. The fourth-order valence-electron chi connectivity index (χ4n) is 2.08. The first-order valence-corrected chi connectivity index (χ1v) is 4.77. The molecule has 0 spiro atoms. The Balaban J connectivity index is 2.46. The van der Waals surface area contributed by atoms with E-state index < -0.39 is 0 Å². The van der Waals surface area contributed by atoms with Crippen LogP contribution in [0.2, 0.25) is 0 Å². The Bertz CT molecular complexity index is 333. The predicted molar refractivity (Wildman–Crippen MR) is 53.3 cm³/mol. The Morgan fingerprint density at radius 2 is 2.31 bits per heavy atom. The van der Waals surface area contributed by atoms with E-state index in [0.29, 0.717) is 11.6 Å². The molecule has 0 radical (unpaired) electrons. The van der Waals surface area contributed by atoms with Gasteiger partial charge in [-0.1, -0.05) is 13.0 Å². The molecule has 1 aliphatic carbocycles. The molecule has 0 saturated carbocycles.